The molecule has 1 aromatic heterocycles. The second-order valence-electron chi connectivity index (χ2n) is 7.99. The fraction of sp³-hybridized carbons (Fsp3) is 0.111. The molecule has 0 saturated heterocycles. The molecule has 0 aliphatic heterocycles. The van der Waals surface area contributed by atoms with Crippen molar-refractivity contribution in [2.75, 3.05) is 11.9 Å². The van der Waals surface area contributed by atoms with Crippen molar-refractivity contribution in [1.29, 1.82) is 0 Å². The Morgan fingerprint density at radius 3 is 2.29 bits per heavy atom. The lowest BCUT2D eigenvalue weighted by atomic mass is 10.0. The molecule has 2 amide bonds. The van der Waals surface area contributed by atoms with Crippen molar-refractivity contribution in [3.8, 4) is 11.1 Å². The van der Waals surface area contributed by atoms with Crippen molar-refractivity contribution in [3.05, 3.63) is 100 Å². The van der Waals surface area contributed by atoms with E-state index in [-0.39, 0.29) is 22.4 Å². The molecular weight excluding hydrogens is 446 g/mol. The lowest BCUT2D eigenvalue weighted by Crippen LogP contribution is -2.46. The maximum Gasteiger partial charge on any atom is 0.251 e. The largest absolute Gasteiger partial charge is 0.394 e. The molecule has 0 fully saturated rings. The van der Waals surface area contributed by atoms with Crippen molar-refractivity contribution in [2.45, 2.75) is 13.0 Å². The van der Waals surface area contributed by atoms with Crippen LogP contribution in [-0.4, -0.2) is 40.3 Å². The Morgan fingerprint density at radius 1 is 0.943 bits per heavy atom. The van der Waals surface area contributed by atoms with Crippen LogP contribution < -0.4 is 16.1 Å². The van der Waals surface area contributed by atoms with Gasteiger partial charge in [0.05, 0.1) is 12.2 Å². The minimum absolute atomic E-state index is 0.0137. The first-order valence-corrected chi connectivity index (χ1v) is 10.9. The summed E-state index contributed by atoms with van der Waals surface area (Å²) in [6.45, 7) is 0.675. The van der Waals surface area contributed by atoms with Crippen LogP contribution in [0.5, 0.6) is 0 Å². The number of carbonyl (C=O) groups excluding carboxylic acids is 3. The van der Waals surface area contributed by atoms with Gasteiger partial charge in [0.25, 0.3) is 5.91 Å². The molecule has 3 aromatic carbocycles. The summed E-state index contributed by atoms with van der Waals surface area (Å²) in [6, 6.07) is 20.0. The summed E-state index contributed by atoms with van der Waals surface area (Å²) in [6.07, 6.45) is 1.36. The normalized spacial score (nSPS) is 11.6. The second-order valence-corrected chi connectivity index (χ2v) is 7.99. The summed E-state index contributed by atoms with van der Waals surface area (Å²) in [5, 5.41) is 15.1. The Kier molecular flexibility index (Phi) is 6.84. The molecular formula is C27H23N3O5. The molecule has 1 atom stereocenters. The van der Waals surface area contributed by atoms with Gasteiger partial charge in [0.2, 0.25) is 5.91 Å². The number of pyridine rings is 1. The number of H-pyrrole nitrogens is 1. The number of fused-ring (bicyclic) bond motifs is 1. The molecule has 0 unspecified atom stereocenters. The third kappa shape index (κ3) is 5.18. The van der Waals surface area contributed by atoms with Crippen molar-refractivity contribution in [2.24, 2.45) is 0 Å². The van der Waals surface area contributed by atoms with Gasteiger partial charge in [-0.15, -0.1) is 0 Å². The number of amides is 2. The predicted octanol–water partition coefficient (Wildman–Crippen LogP) is 3.13. The Bertz CT molecular complexity index is 1460. The fourth-order valence-corrected chi connectivity index (χ4v) is 3.67. The van der Waals surface area contributed by atoms with Gasteiger partial charge in [-0.05, 0) is 48.4 Å². The number of aliphatic hydroxyl groups is 1. The van der Waals surface area contributed by atoms with Gasteiger partial charge in [0, 0.05) is 28.4 Å². The number of rotatable bonds is 7. The molecule has 0 aliphatic carbocycles. The van der Waals surface area contributed by atoms with Gasteiger partial charge in [-0.2, -0.15) is 0 Å². The number of ketones is 1. The van der Waals surface area contributed by atoms with Gasteiger partial charge in [-0.25, -0.2) is 0 Å². The van der Waals surface area contributed by atoms with Gasteiger partial charge in [-0.3, -0.25) is 19.2 Å². The van der Waals surface area contributed by atoms with E-state index in [4.69, 9.17) is 0 Å². The lowest BCUT2D eigenvalue weighted by Gasteiger charge is -2.17. The highest BCUT2D eigenvalue weighted by Crippen LogP contribution is 2.19. The molecule has 0 radical (unpaired) electrons. The van der Waals surface area contributed by atoms with Gasteiger partial charge in [0.15, 0.2) is 11.2 Å². The number of carbonyl (C=O) groups is 3. The number of aliphatic hydroxyl groups excluding tert-OH is 1. The van der Waals surface area contributed by atoms with Crippen LogP contribution in [-0.2, 0) is 4.79 Å². The molecule has 4 N–H and O–H groups in total. The van der Waals surface area contributed by atoms with Crippen LogP contribution in [0.15, 0.2) is 83.8 Å². The third-order valence-electron chi connectivity index (χ3n) is 5.59. The molecule has 0 saturated carbocycles. The Morgan fingerprint density at radius 2 is 1.63 bits per heavy atom. The highest BCUT2D eigenvalue weighted by atomic mass is 16.3. The van der Waals surface area contributed by atoms with Crippen molar-refractivity contribution in [1.82, 2.24) is 10.3 Å². The van der Waals surface area contributed by atoms with E-state index in [1.54, 1.807) is 36.4 Å². The fourth-order valence-electron chi connectivity index (χ4n) is 3.67. The number of benzene rings is 3. The van der Waals surface area contributed by atoms with Gasteiger partial charge in [0.1, 0.15) is 6.04 Å². The van der Waals surface area contributed by atoms with Crippen LogP contribution in [0.2, 0.25) is 0 Å². The summed E-state index contributed by atoms with van der Waals surface area (Å²) in [7, 11) is 0. The summed E-state index contributed by atoms with van der Waals surface area (Å²) >= 11 is 0. The SMILES string of the molecule is CC(=O)c1c[nH]c2ccc(NC(=O)[C@H](CO)NC(=O)c3ccc(-c4ccccc4)cc3)cc2c1=O. The molecule has 4 rings (SSSR count). The Hall–Kier alpha value is -4.56. The smallest absolute Gasteiger partial charge is 0.251 e. The molecule has 176 valence electrons. The number of nitrogens with one attached hydrogen (secondary N) is 3. The Labute approximate surface area is 200 Å². The highest BCUT2D eigenvalue weighted by Gasteiger charge is 2.21. The first-order chi connectivity index (χ1) is 16.9. The zero-order chi connectivity index (χ0) is 24.9. The van der Waals surface area contributed by atoms with Crippen molar-refractivity contribution in [3.63, 3.8) is 0 Å². The number of aromatic nitrogens is 1. The minimum Gasteiger partial charge on any atom is -0.394 e. The van der Waals surface area contributed by atoms with Crippen molar-refractivity contribution < 1.29 is 19.5 Å². The van der Waals surface area contributed by atoms with Crippen LogP contribution in [0.4, 0.5) is 5.69 Å². The topological polar surface area (TPSA) is 128 Å². The van der Waals surface area contributed by atoms with E-state index in [1.165, 1.54) is 19.2 Å². The number of anilines is 1. The molecule has 4 aromatic rings. The monoisotopic (exact) mass is 469 g/mol. The van der Waals surface area contributed by atoms with E-state index < -0.39 is 29.9 Å². The number of hydrogen-bond donors (Lipinski definition) is 4. The first-order valence-electron chi connectivity index (χ1n) is 10.9. The Balaban J connectivity index is 1.47. The quantitative estimate of drug-likeness (QED) is 0.309. The zero-order valence-electron chi connectivity index (χ0n) is 18.9. The van der Waals surface area contributed by atoms with Crippen LogP contribution in [0.1, 0.15) is 27.6 Å². The number of aromatic amines is 1. The molecule has 1 heterocycles. The lowest BCUT2D eigenvalue weighted by molar-refractivity contribution is -0.118. The van der Waals surface area contributed by atoms with E-state index in [0.29, 0.717) is 11.1 Å². The average Bonchev–Trinajstić information content (AvgIpc) is 2.88. The van der Waals surface area contributed by atoms with Gasteiger partial charge in [-0.1, -0.05) is 42.5 Å². The number of Topliss-reactive ketones (excluding diaryl/α,β-unsaturated/α-hetero) is 1. The highest BCUT2D eigenvalue weighted by molar-refractivity contribution is 6.02. The summed E-state index contributed by atoms with van der Waals surface area (Å²) < 4.78 is 0. The van der Waals surface area contributed by atoms with E-state index in [0.717, 1.165) is 11.1 Å². The van der Waals surface area contributed by atoms with E-state index in [1.807, 2.05) is 30.3 Å². The zero-order valence-corrected chi connectivity index (χ0v) is 18.9. The van der Waals surface area contributed by atoms with Crippen LogP contribution >= 0.6 is 0 Å². The molecule has 0 bridgehead atoms. The number of hydrogen-bond acceptors (Lipinski definition) is 5. The van der Waals surface area contributed by atoms with E-state index in [2.05, 4.69) is 15.6 Å². The van der Waals surface area contributed by atoms with E-state index >= 15 is 0 Å². The molecule has 8 heteroatoms. The standard InChI is InChI=1S/C27H23N3O5/c1-16(32)22-14-28-23-12-11-20(13-21(23)25(22)33)29-27(35)24(15-31)30-26(34)19-9-7-18(8-10-19)17-5-3-2-4-6-17/h2-14,24,31H,15H2,1H3,(H,28,33)(H,29,35)(H,30,34)/t24-/m0/s1. The van der Waals surface area contributed by atoms with E-state index in [9.17, 15) is 24.3 Å². The minimum atomic E-state index is -1.21. The first kappa shape index (κ1) is 23.6. The van der Waals surface area contributed by atoms with Crippen LogP contribution in [0.3, 0.4) is 0 Å². The molecule has 8 nitrogen and oxygen atoms in total. The third-order valence-corrected chi connectivity index (χ3v) is 5.59. The maximum atomic E-state index is 12.7. The van der Waals surface area contributed by atoms with Crippen LogP contribution in [0, 0.1) is 0 Å². The second kappa shape index (κ2) is 10.1. The summed E-state index contributed by atoms with van der Waals surface area (Å²) in [5.74, 6) is -1.54. The van der Waals surface area contributed by atoms with Gasteiger partial charge < -0.3 is 20.7 Å². The van der Waals surface area contributed by atoms with Gasteiger partial charge >= 0.3 is 0 Å². The van der Waals surface area contributed by atoms with Crippen molar-refractivity contribution >= 4 is 34.2 Å². The average molecular weight is 469 g/mol. The summed E-state index contributed by atoms with van der Waals surface area (Å²) in [4.78, 5) is 52.5. The summed E-state index contributed by atoms with van der Waals surface area (Å²) in [5.41, 5.74) is 2.64. The molecule has 0 spiro atoms. The maximum absolute atomic E-state index is 12.7. The molecule has 0 aliphatic rings. The van der Waals surface area contributed by atoms with Crippen LogP contribution in [0.25, 0.3) is 22.0 Å². The molecule has 35 heavy (non-hydrogen) atoms. The predicted molar refractivity (Wildman–Crippen MR) is 133 cm³/mol.